The third kappa shape index (κ3) is 3.69. The number of hydrogen-bond acceptors (Lipinski definition) is 4. The lowest BCUT2D eigenvalue weighted by Crippen LogP contribution is -2.44. The molecule has 9 heteroatoms. The van der Waals surface area contributed by atoms with Crippen LogP contribution < -0.4 is 4.90 Å². The topological polar surface area (TPSA) is 54.2 Å². The summed E-state index contributed by atoms with van der Waals surface area (Å²) in [7, 11) is 0. The van der Waals surface area contributed by atoms with Crippen molar-refractivity contribution in [3.63, 3.8) is 0 Å². The van der Waals surface area contributed by atoms with Crippen LogP contribution in [0.5, 0.6) is 0 Å². The summed E-state index contributed by atoms with van der Waals surface area (Å²) in [4.78, 5) is 6.38. The van der Waals surface area contributed by atoms with Gasteiger partial charge in [-0.15, -0.1) is 13.2 Å². The zero-order valence-electron chi connectivity index (χ0n) is 14.8. The minimum Gasteiger partial charge on any atom is -0.396 e. The van der Waals surface area contributed by atoms with Gasteiger partial charge in [-0.3, -0.25) is 0 Å². The van der Waals surface area contributed by atoms with Crippen LogP contribution >= 0.6 is 11.6 Å². The average Bonchev–Trinajstić information content (AvgIpc) is 3.23. The zero-order chi connectivity index (χ0) is 19.9. The quantitative estimate of drug-likeness (QED) is 0.607. The predicted octanol–water partition coefficient (Wildman–Crippen LogP) is 3.55. The van der Waals surface area contributed by atoms with Crippen molar-refractivity contribution >= 4 is 17.3 Å². The molecule has 0 aliphatic carbocycles. The monoisotopic (exact) mass is 410 g/mol. The average molecular weight is 411 g/mol. The first-order chi connectivity index (χ1) is 13.3. The molecule has 1 N–H and O–H groups in total. The SMILES string of the molecule is OCC1CC2CCC(C1)N2c1cc(Cl)ncc1C#Cc1cnn(C(F)(F)F)c1. The molecule has 2 aliphatic rings. The summed E-state index contributed by atoms with van der Waals surface area (Å²) in [6.07, 6.45) is 2.79. The van der Waals surface area contributed by atoms with Crippen LogP contribution in [0.25, 0.3) is 0 Å². The normalized spacial score (nSPS) is 24.2. The van der Waals surface area contributed by atoms with Gasteiger partial charge in [0.15, 0.2) is 0 Å². The van der Waals surface area contributed by atoms with E-state index in [1.807, 2.05) is 0 Å². The Hall–Kier alpha value is -2.24. The Morgan fingerprint density at radius 3 is 2.50 bits per heavy atom. The molecule has 2 fully saturated rings. The van der Waals surface area contributed by atoms with E-state index in [0.29, 0.717) is 28.7 Å². The fourth-order valence-corrected chi connectivity index (χ4v) is 4.38. The largest absolute Gasteiger partial charge is 0.504 e. The molecule has 4 rings (SSSR count). The van der Waals surface area contributed by atoms with Crippen LogP contribution in [0.4, 0.5) is 18.9 Å². The van der Waals surface area contributed by atoms with Gasteiger partial charge < -0.3 is 10.0 Å². The van der Waals surface area contributed by atoms with Gasteiger partial charge >= 0.3 is 6.30 Å². The van der Waals surface area contributed by atoms with Gasteiger partial charge in [-0.2, -0.15) is 9.78 Å². The Labute approximate surface area is 165 Å². The fraction of sp³-hybridized carbons (Fsp3) is 0.474. The minimum atomic E-state index is -4.57. The van der Waals surface area contributed by atoms with Gasteiger partial charge in [0.25, 0.3) is 0 Å². The molecule has 5 nitrogen and oxygen atoms in total. The number of aliphatic hydroxyl groups is 1. The number of aromatic nitrogens is 3. The van der Waals surface area contributed by atoms with Crippen LogP contribution in [0.3, 0.4) is 0 Å². The summed E-state index contributed by atoms with van der Waals surface area (Å²) in [5, 5.41) is 13.2. The number of alkyl halides is 3. The summed E-state index contributed by atoms with van der Waals surface area (Å²) in [6, 6.07) is 2.35. The lowest BCUT2D eigenvalue weighted by atomic mass is 9.90. The fourth-order valence-electron chi connectivity index (χ4n) is 4.23. The molecule has 2 aromatic rings. The van der Waals surface area contributed by atoms with E-state index in [2.05, 4.69) is 26.8 Å². The summed E-state index contributed by atoms with van der Waals surface area (Å²) < 4.78 is 37.9. The number of aliphatic hydroxyl groups excluding tert-OH is 1. The van der Waals surface area contributed by atoms with Gasteiger partial charge in [0.1, 0.15) is 5.15 Å². The first kappa shape index (κ1) is 19.1. The van der Waals surface area contributed by atoms with Crippen molar-refractivity contribution in [1.82, 2.24) is 14.8 Å². The molecule has 2 bridgehead atoms. The van der Waals surface area contributed by atoms with Crippen LogP contribution in [0.1, 0.15) is 36.8 Å². The molecule has 2 aromatic heterocycles. The highest BCUT2D eigenvalue weighted by molar-refractivity contribution is 6.29. The number of anilines is 1. The molecule has 148 valence electrons. The number of piperidine rings is 1. The number of nitrogens with zero attached hydrogens (tertiary/aromatic N) is 4. The molecule has 0 saturated carbocycles. The Morgan fingerprint density at radius 1 is 1.18 bits per heavy atom. The number of halogens is 4. The first-order valence-electron chi connectivity index (χ1n) is 9.04. The van der Waals surface area contributed by atoms with E-state index < -0.39 is 6.30 Å². The first-order valence-corrected chi connectivity index (χ1v) is 9.41. The molecule has 2 saturated heterocycles. The standard InChI is InChI=1S/C19H18ClF3N4O/c20-18-7-17(27-15-3-4-16(27)6-13(5-15)11-28)14(9-24-18)2-1-12-8-25-26(10-12)19(21,22)23/h7-10,13,15-16,28H,3-6,11H2. The van der Waals surface area contributed by atoms with Gasteiger partial charge in [0.2, 0.25) is 0 Å². The highest BCUT2D eigenvalue weighted by Gasteiger charge is 2.41. The smallest absolute Gasteiger partial charge is 0.396 e. The Balaban J connectivity index is 1.65. The van der Waals surface area contributed by atoms with Gasteiger partial charge in [0.05, 0.1) is 23.0 Å². The van der Waals surface area contributed by atoms with E-state index in [1.54, 1.807) is 12.3 Å². The summed E-state index contributed by atoms with van der Waals surface area (Å²) in [5.41, 5.74) is 1.63. The Morgan fingerprint density at radius 2 is 1.89 bits per heavy atom. The highest BCUT2D eigenvalue weighted by atomic mass is 35.5. The zero-order valence-corrected chi connectivity index (χ0v) is 15.6. The maximum atomic E-state index is 12.7. The van der Waals surface area contributed by atoms with Crippen LogP contribution in [0, 0.1) is 17.8 Å². The van der Waals surface area contributed by atoms with E-state index in [4.69, 9.17) is 11.6 Å². The Kier molecular flexibility index (Phi) is 4.98. The molecule has 28 heavy (non-hydrogen) atoms. The van der Waals surface area contributed by atoms with E-state index in [-0.39, 0.29) is 16.9 Å². The van der Waals surface area contributed by atoms with E-state index in [1.165, 1.54) is 0 Å². The molecular formula is C19H18ClF3N4O. The molecule has 2 aliphatic heterocycles. The van der Waals surface area contributed by atoms with Crippen molar-refractivity contribution in [2.75, 3.05) is 11.5 Å². The van der Waals surface area contributed by atoms with Gasteiger partial charge in [-0.1, -0.05) is 23.4 Å². The molecular weight excluding hydrogens is 393 g/mol. The summed E-state index contributed by atoms with van der Waals surface area (Å²) in [5.74, 6) is 5.97. The lowest BCUT2D eigenvalue weighted by molar-refractivity contribution is -0.212. The van der Waals surface area contributed by atoms with Crippen LogP contribution in [0.15, 0.2) is 24.7 Å². The summed E-state index contributed by atoms with van der Waals surface area (Å²) >= 11 is 6.11. The molecule has 0 amide bonds. The summed E-state index contributed by atoms with van der Waals surface area (Å²) in [6.45, 7) is 0.188. The number of pyridine rings is 1. The third-order valence-corrected chi connectivity index (χ3v) is 5.61. The second-order valence-corrected chi connectivity index (χ2v) is 7.62. The minimum absolute atomic E-state index is 0.0715. The van der Waals surface area contributed by atoms with Crippen LogP contribution in [0.2, 0.25) is 5.15 Å². The predicted molar refractivity (Wildman–Crippen MR) is 97.9 cm³/mol. The molecule has 2 unspecified atom stereocenters. The van der Waals surface area contributed by atoms with Gasteiger partial charge in [0, 0.05) is 37.2 Å². The van der Waals surface area contributed by atoms with Crippen LogP contribution in [-0.4, -0.2) is 38.6 Å². The number of rotatable bonds is 2. The van der Waals surface area contributed by atoms with Gasteiger partial charge in [-0.25, -0.2) is 4.98 Å². The lowest BCUT2D eigenvalue weighted by Gasteiger charge is -2.40. The highest BCUT2D eigenvalue weighted by Crippen LogP contribution is 2.42. The molecule has 0 radical (unpaired) electrons. The molecule has 2 atom stereocenters. The van der Waals surface area contributed by atoms with Crippen molar-refractivity contribution in [3.05, 3.63) is 40.9 Å². The second-order valence-electron chi connectivity index (χ2n) is 7.23. The third-order valence-electron chi connectivity index (χ3n) is 5.40. The van der Waals surface area contributed by atoms with Crippen molar-refractivity contribution in [3.8, 4) is 11.8 Å². The van der Waals surface area contributed by atoms with E-state index >= 15 is 0 Å². The van der Waals surface area contributed by atoms with E-state index in [0.717, 1.165) is 43.8 Å². The van der Waals surface area contributed by atoms with Crippen molar-refractivity contribution < 1.29 is 18.3 Å². The van der Waals surface area contributed by atoms with Crippen molar-refractivity contribution in [2.45, 2.75) is 44.1 Å². The number of hydrogen-bond donors (Lipinski definition) is 1. The molecule has 0 spiro atoms. The molecule has 0 aromatic carbocycles. The maximum absolute atomic E-state index is 12.7. The maximum Gasteiger partial charge on any atom is 0.504 e. The number of fused-ring (bicyclic) bond motifs is 2. The van der Waals surface area contributed by atoms with E-state index in [9.17, 15) is 18.3 Å². The second kappa shape index (κ2) is 7.30. The van der Waals surface area contributed by atoms with Crippen molar-refractivity contribution in [1.29, 1.82) is 0 Å². The van der Waals surface area contributed by atoms with Crippen molar-refractivity contribution in [2.24, 2.45) is 5.92 Å². The van der Waals surface area contributed by atoms with Crippen LogP contribution in [-0.2, 0) is 6.30 Å². The van der Waals surface area contributed by atoms with Gasteiger partial charge in [-0.05, 0) is 31.6 Å². The molecule has 4 heterocycles. The Bertz CT molecular complexity index is 919.